The van der Waals surface area contributed by atoms with Gasteiger partial charge in [0, 0.05) is 29.5 Å². The maximum Gasteiger partial charge on any atom is 0.373 e. The molecule has 1 atom stereocenters. The quantitative estimate of drug-likeness (QED) is 0.453. The number of aryl methyl sites for hydroxylation is 1. The van der Waals surface area contributed by atoms with E-state index in [1.54, 1.807) is 18.1 Å². The molecule has 2 aromatic carbocycles. The fraction of sp³-hybridized carbons (Fsp3) is 0.143. The largest absolute Gasteiger partial charge is 0.373 e. The van der Waals surface area contributed by atoms with Gasteiger partial charge in [-0.05, 0) is 18.6 Å². The number of thioether (sulfide) groups is 1. The number of hydrogen-bond donors (Lipinski definition) is 0. The van der Waals surface area contributed by atoms with Crippen LogP contribution in [0.2, 0.25) is 0 Å². The lowest BCUT2D eigenvalue weighted by Crippen LogP contribution is -1.94. The number of nitrogens with zero attached hydrogens (tertiary/aromatic N) is 4. The molecule has 146 valence electrons. The molecule has 0 radical (unpaired) electrons. The van der Waals surface area contributed by atoms with Crippen molar-refractivity contribution in [3.63, 3.8) is 0 Å². The minimum atomic E-state index is 0.245. The van der Waals surface area contributed by atoms with Gasteiger partial charge in [0.2, 0.25) is 0 Å². The highest BCUT2D eigenvalue weighted by Gasteiger charge is 2.14. The van der Waals surface area contributed by atoms with E-state index in [1.165, 1.54) is 5.56 Å². The second-order valence-corrected chi connectivity index (χ2v) is 7.44. The van der Waals surface area contributed by atoms with Gasteiger partial charge in [-0.1, -0.05) is 65.4 Å². The second kappa shape index (κ2) is 9.64. The van der Waals surface area contributed by atoms with Crippen molar-refractivity contribution in [2.45, 2.75) is 17.3 Å². The van der Waals surface area contributed by atoms with Crippen LogP contribution in [0.5, 0.6) is 0 Å². The Morgan fingerprint density at radius 2 is 1.76 bits per heavy atom. The summed E-state index contributed by atoms with van der Waals surface area (Å²) in [5, 5.41) is 13.4. The Hall–Kier alpha value is -3.48. The monoisotopic (exact) mass is 406 g/mol. The van der Waals surface area contributed by atoms with Crippen LogP contribution in [0.25, 0.3) is 22.6 Å². The van der Waals surface area contributed by atoms with Gasteiger partial charge in [0.15, 0.2) is 10.9 Å². The van der Waals surface area contributed by atoms with Crippen LogP contribution in [-0.2, 0) is 16.6 Å². The number of benzene rings is 2. The molecule has 0 bridgehead atoms. The third-order valence-electron chi connectivity index (χ3n) is 4.17. The number of aromatic nitrogens is 4. The van der Waals surface area contributed by atoms with Crippen molar-refractivity contribution >= 4 is 17.9 Å². The first-order chi connectivity index (χ1) is 14.1. The third kappa shape index (κ3) is 5.07. The summed E-state index contributed by atoms with van der Waals surface area (Å²) >= 11 is 1.68. The number of hydrogen-bond acceptors (Lipinski definition) is 7. The van der Waals surface area contributed by atoms with Crippen LogP contribution in [0, 0.1) is 0 Å². The van der Waals surface area contributed by atoms with Crippen LogP contribution in [0.1, 0.15) is 17.7 Å². The third-order valence-corrected chi connectivity index (χ3v) is 5.38. The van der Waals surface area contributed by atoms with E-state index in [1.807, 2.05) is 60.1 Å². The molecule has 0 N–H and O–H groups in total. The highest BCUT2D eigenvalue weighted by molar-refractivity contribution is 7.99. The van der Waals surface area contributed by atoms with E-state index in [2.05, 4.69) is 34.4 Å². The summed E-state index contributed by atoms with van der Waals surface area (Å²) < 4.78 is 7.51. The van der Waals surface area contributed by atoms with Gasteiger partial charge in [0.05, 0.1) is 0 Å². The molecular weight excluding hydrogens is 388 g/mol. The Morgan fingerprint density at radius 1 is 1.03 bits per heavy atom. The van der Waals surface area contributed by atoms with Crippen molar-refractivity contribution in [1.29, 1.82) is 0 Å². The highest BCUT2D eigenvalue weighted by Crippen LogP contribution is 2.35. The van der Waals surface area contributed by atoms with E-state index in [-0.39, 0.29) is 11.4 Å². The van der Waals surface area contributed by atoms with Crippen LogP contribution >= 0.6 is 11.8 Å². The maximum atomic E-state index is 8.12. The molecule has 0 aliphatic heterocycles. The lowest BCUT2D eigenvalue weighted by molar-refractivity contribution is -0.191. The Morgan fingerprint density at radius 3 is 2.45 bits per heavy atom. The molecule has 4 aromatic rings. The number of rotatable bonds is 5. The smallest absolute Gasteiger partial charge is 0.356 e. The van der Waals surface area contributed by atoms with E-state index in [0.29, 0.717) is 0 Å². The molecule has 0 aliphatic rings. The van der Waals surface area contributed by atoms with E-state index < -0.39 is 0 Å². The molecule has 2 aromatic heterocycles. The zero-order valence-corrected chi connectivity index (χ0v) is 16.7. The number of carbonyl (C=O) groups excluding carboxylic acids is 2. The molecule has 0 amide bonds. The lowest BCUT2D eigenvalue weighted by Gasteiger charge is -2.11. The van der Waals surface area contributed by atoms with Crippen molar-refractivity contribution in [1.82, 2.24) is 19.9 Å². The molecule has 4 rings (SSSR count). The summed E-state index contributed by atoms with van der Waals surface area (Å²) in [6, 6.07) is 20.4. The van der Waals surface area contributed by atoms with Crippen LogP contribution in [0.15, 0.2) is 76.7 Å². The minimum absolute atomic E-state index is 0.245. The molecule has 0 unspecified atom stereocenters. The van der Waals surface area contributed by atoms with Gasteiger partial charge in [-0.2, -0.15) is 9.59 Å². The maximum absolute atomic E-state index is 8.12. The van der Waals surface area contributed by atoms with Crippen molar-refractivity contribution in [3.8, 4) is 22.6 Å². The fourth-order valence-electron chi connectivity index (χ4n) is 2.71. The zero-order valence-electron chi connectivity index (χ0n) is 15.9. The van der Waals surface area contributed by atoms with Crippen LogP contribution in [0.3, 0.4) is 0 Å². The topological polar surface area (TPSA) is 90.9 Å². The molecule has 8 heteroatoms. The Balaban J connectivity index is 0.000000755. The van der Waals surface area contributed by atoms with Gasteiger partial charge in [-0.25, -0.2) is 0 Å². The predicted octanol–water partition coefficient (Wildman–Crippen LogP) is 4.41. The summed E-state index contributed by atoms with van der Waals surface area (Å²) in [7, 11) is 1.95. The van der Waals surface area contributed by atoms with Gasteiger partial charge in [-0.15, -0.1) is 10.2 Å². The van der Waals surface area contributed by atoms with E-state index in [0.717, 1.165) is 27.7 Å². The Kier molecular flexibility index (Phi) is 6.73. The van der Waals surface area contributed by atoms with Gasteiger partial charge in [0.1, 0.15) is 12.0 Å². The normalized spacial score (nSPS) is 11.2. The summed E-state index contributed by atoms with van der Waals surface area (Å²) in [4.78, 5) is 16.2. The van der Waals surface area contributed by atoms with Crippen molar-refractivity contribution in [2.24, 2.45) is 7.05 Å². The zero-order chi connectivity index (χ0) is 20.6. The van der Waals surface area contributed by atoms with E-state index in [9.17, 15) is 0 Å². The predicted molar refractivity (Wildman–Crippen MR) is 108 cm³/mol. The molecule has 0 saturated carbocycles. The SMILES string of the molecule is C[C@H](Sc1nncn1C)c1cccc(-c2cc(-c3ccccc3)no2)c1.O=C=O. The fourth-order valence-corrected chi connectivity index (χ4v) is 3.61. The summed E-state index contributed by atoms with van der Waals surface area (Å²) in [5.41, 5.74) is 4.10. The average Bonchev–Trinajstić information content (AvgIpc) is 3.39. The summed E-state index contributed by atoms with van der Waals surface area (Å²) in [6.45, 7) is 2.16. The van der Waals surface area contributed by atoms with Crippen LogP contribution in [-0.4, -0.2) is 26.1 Å². The van der Waals surface area contributed by atoms with Crippen molar-refractivity contribution in [3.05, 3.63) is 72.6 Å². The summed E-state index contributed by atoms with van der Waals surface area (Å²) in [5.74, 6) is 0.765. The molecule has 7 nitrogen and oxygen atoms in total. The molecule has 0 fully saturated rings. The minimum Gasteiger partial charge on any atom is -0.356 e. The average molecular weight is 406 g/mol. The van der Waals surface area contributed by atoms with Crippen molar-refractivity contribution < 1.29 is 14.1 Å². The highest BCUT2D eigenvalue weighted by atomic mass is 32.2. The molecule has 0 aliphatic carbocycles. The second-order valence-electron chi connectivity index (χ2n) is 6.14. The standard InChI is InChI=1S/C20H18N4OS.CO2/c1-14(26-20-22-21-13-24(20)2)16-9-6-10-17(11-16)19-12-18(23-25-19)15-7-4-3-5-8-15;2-1-3/h3-14H,1-2H3;/t14-;/m0./s1. The molecule has 0 saturated heterocycles. The molecule has 29 heavy (non-hydrogen) atoms. The molecule has 0 spiro atoms. The first-order valence-electron chi connectivity index (χ1n) is 8.74. The van der Waals surface area contributed by atoms with Gasteiger partial charge in [0.25, 0.3) is 0 Å². The van der Waals surface area contributed by atoms with Crippen LogP contribution in [0.4, 0.5) is 0 Å². The van der Waals surface area contributed by atoms with Crippen LogP contribution < -0.4 is 0 Å². The molecule has 2 heterocycles. The van der Waals surface area contributed by atoms with E-state index >= 15 is 0 Å². The summed E-state index contributed by atoms with van der Waals surface area (Å²) in [6.07, 6.45) is 1.96. The van der Waals surface area contributed by atoms with Gasteiger partial charge < -0.3 is 9.09 Å². The lowest BCUT2D eigenvalue weighted by atomic mass is 10.1. The van der Waals surface area contributed by atoms with Crippen molar-refractivity contribution in [2.75, 3.05) is 0 Å². The first-order valence-corrected chi connectivity index (χ1v) is 9.62. The Labute approximate surface area is 171 Å². The Bertz CT molecular complexity index is 1100. The first kappa shape index (κ1) is 20.3. The molecular formula is C21H18N4O3S. The van der Waals surface area contributed by atoms with Gasteiger partial charge in [-0.3, -0.25) is 0 Å². The van der Waals surface area contributed by atoms with Gasteiger partial charge >= 0.3 is 6.15 Å². The van der Waals surface area contributed by atoms with E-state index in [4.69, 9.17) is 14.1 Å².